The van der Waals surface area contributed by atoms with Crippen LogP contribution in [-0.4, -0.2) is 25.8 Å². The highest BCUT2D eigenvalue weighted by molar-refractivity contribution is 9.10. The highest BCUT2D eigenvalue weighted by atomic mass is 79.9. The van der Waals surface area contributed by atoms with Crippen molar-refractivity contribution in [2.75, 3.05) is 13.1 Å². The van der Waals surface area contributed by atoms with E-state index >= 15 is 0 Å². The molecule has 1 aliphatic rings. The third-order valence-corrected chi connectivity index (χ3v) is 7.01. The first-order valence-electron chi connectivity index (χ1n) is 7.23. The van der Waals surface area contributed by atoms with E-state index in [1.54, 1.807) is 6.07 Å². The first-order chi connectivity index (χ1) is 10.0. The van der Waals surface area contributed by atoms with E-state index < -0.39 is 10.0 Å². The monoisotopic (exact) mass is 367 g/mol. The minimum absolute atomic E-state index is 0.468. The van der Waals surface area contributed by atoms with Gasteiger partial charge in [0.2, 0.25) is 10.0 Å². The molecule has 3 rings (SSSR count). The van der Waals surface area contributed by atoms with Gasteiger partial charge < -0.3 is 0 Å². The number of nitrogens with zero attached hydrogens (tertiary/aromatic N) is 1. The lowest BCUT2D eigenvalue weighted by molar-refractivity contribution is 0.444. The van der Waals surface area contributed by atoms with Crippen LogP contribution in [0.25, 0.3) is 10.8 Å². The second-order valence-electron chi connectivity index (χ2n) is 5.26. The molecule has 21 heavy (non-hydrogen) atoms. The molecule has 0 amide bonds. The third-order valence-electron chi connectivity index (χ3n) is 4.23. The van der Waals surface area contributed by atoms with Gasteiger partial charge in [-0.25, -0.2) is 8.42 Å². The summed E-state index contributed by atoms with van der Waals surface area (Å²) in [6.45, 7) is 4.74. The van der Waals surface area contributed by atoms with Crippen LogP contribution in [0.4, 0.5) is 0 Å². The normalized spacial score (nSPS) is 14.3. The molecule has 0 bridgehead atoms. The Kier molecular flexibility index (Phi) is 3.84. The smallest absolute Gasteiger partial charge is 0.207 e. The van der Waals surface area contributed by atoms with Crippen LogP contribution in [-0.2, 0) is 22.9 Å². The molecule has 0 heterocycles. The van der Waals surface area contributed by atoms with Crippen molar-refractivity contribution in [3.63, 3.8) is 0 Å². The molecule has 0 radical (unpaired) electrons. The van der Waals surface area contributed by atoms with E-state index in [-0.39, 0.29) is 0 Å². The maximum atomic E-state index is 12.9. The Morgan fingerprint density at radius 1 is 1.19 bits per heavy atom. The molecule has 0 saturated carbocycles. The summed E-state index contributed by atoms with van der Waals surface area (Å²) in [6.07, 6.45) is 1.73. The van der Waals surface area contributed by atoms with E-state index in [0.717, 1.165) is 33.7 Å². The molecule has 2 aromatic carbocycles. The van der Waals surface area contributed by atoms with Gasteiger partial charge in [-0.2, -0.15) is 4.31 Å². The van der Waals surface area contributed by atoms with Gasteiger partial charge in [0.15, 0.2) is 0 Å². The van der Waals surface area contributed by atoms with Crippen molar-refractivity contribution in [1.29, 1.82) is 0 Å². The molecular formula is C16H18BrNO2S. The molecule has 0 aliphatic heterocycles. The maximum Gasteiger partial charge on any atom is 0.243 e. The van der Waals surface area contributed by atoms with Crippen LogP contribution >= 0.6 is 15.9 Å². The maximum absolute atomic E-state index is 12.9. The van der Waals surface area contributed by atoms with Crippen LogP contribution in [0, 0.1) is 0 Å². The minimum Gasteiger partial charge on any atom is -0.207 e. The molecular weight excluding hydrogens is 350 g/mol. The largest absolute Gasteiger partial charge is 0.243 e. The second kappa shape index (κ2) is 5.38. The SMILES string of the molecule is CCN(CC)S(=O)(=O)c1cc(Br)c2cccc3c2c1CC3. The summed E-state index contributed by atoms with van der Waals surface area (Å²) in [6, 6.07) is 7.96. The zero-order chi connectivity index (χ0) is 15.2. The van der Waals surface area contributed by atoms with Crippen molar-refractivity contribution in [3.05, 3.63) is 39.9 Å². The van der Waals surface area contributed by atoms with Gasteiger partial charge in [0.25, 0.3) is 0 Å². The Balaban J connectivity index is 2.33. The molecule has 5 heteroatoms. The van der Waals surface area contributed by atoms with Crippen LogP contribution < -0.4 is 0 Å². The van der Waals surface area contributed by atoms with E-state index in [1.165, 1.54) is 9.87 Å². The number of hydrogen-bond donors (Lipinski definition) is 0. The van der Waals surface area contributed by atoms with Crippen LogP contribution in [0.15, 0.2) is 33.6 Å². The van der Waals surface area contributed by atoms with Crippen LogP contribution in [0.2, 0.25) is 0 Å². The number of sulfonamides is 1. The lowest BCUT2D eigenvalue weighted by Crippen LogP contribution is -2.31. The summed E-state index contributed by atoms with van der Waals surface area (Å²) in [5, 5.41) is 2.23. The molecule has 3 nitrogen and oxygen atoms in total. The van der Waals surface area contributed by atoms with Gasteiger partial charge in [-0.3, -0.25) is 0 Å². The summed E-state index contributed by atoms with van der Waals surface area (Å²) in [7, 11) is -3.42. The fourth-order valence-electron chi connectivity index (χ4n) is 3.21. The summed E-state index contributed by atoms with van der Waals surface area (Å²) in [5.41, 5.74) is 2.23. The lowest BCUT2D eigenvalue weighted by atomic mass is 10.1. The average Bonchev–Trinajstić information content (AvgIpc) is 2.88. The molecule has 0 fully saturated rings. The quantitative estimate of drug-likeness (QED) is 0.825. The topological polar surface area (TPSA) is 37.4 Å². The van der Waals surface area contributed by atoms with Gasteiger partial charge >= 0.3 is 0 Å². The van der Waals surface area contributed by atoms with Crippen molar-refractivity contribution in [2.45, 2.75) is 31.6 Å². The van der Waals surface area contributed by atoms with Gasteiger partial charge in [-0.05, 0) is 40.8 Å². The van der Waals surface area contributed by atoms with Crippen molar-refractivity contribution in [1.82, 2.24) is 4.31 Å². The summed E-state index contributed by atoms with van der Waals surface area (Å²) >= 11 is 3.55. The molecule has 0 aromatic heterocycles. The average molecular weight is 368 g/mol. The summed E-state index contributed by atoms with van der Waals surface area (Å²) < 4.78 is 28.2. The van der Waals surface area contributed by atoms with Crippen molar-refractivity contribution < 1.29 is 8.42 Å². The predicted octanol–water partition coefficient (Wildman–Crippen LogP) is 3.73. The van der Waals surface area contributed by atoms with Gasteiger partial charge in [0, 0.05) is 17.6 Å². The fraction of sp³-hybridized carbons (Fsp3) is 0.375. The van der Waals surface area contributed by atoms with Crippen LogP contribution in [0.5, 0.6) is 0 Å². The first-order valence-corrected chi connectivity index (χ1v) is 9.47. The Morgan fingerprint density at radius 3 is 2.57 bits per heavy atom. The van der Waals surface area contributed by atoms with E-state index in [0.29, 0.717) is 18.0 Å². The van der Waals surface area contributed by atoms with Crippen molar-refractivity contribution in [3.8, 4) is 0 Å². The molecule has 1 aliphatic carbocycles. The highest BCUT2D eigenvalue weighted by Crippen LogP contribution is 2.39. The molecule has 0 N–H and O–H groups in total. The Morgan fingerprint density at radius 2 is 1.90 bits per heavy atom. The highest BCUT2D eigenvalue weighted by Gasteiger charge is 2.29. The van der Waals surface area contributed by atoms with Gasteiger partial charge in [-0.15, -0.1) is 0 Å². The standard InChI is InChI=1S/C16H18BrNO2S/c1-3-18(4-2)21(19,20)15-10-14(17)12-7-5-6-11-8-9-13(15)16(11)12/h5-7,10H,3-4,8-9H2,1-2H3. The van der Waals surface area contributed by atoms with E-state index in [4.69, 9.17) is 0 Å². The molecule has 0 atom stereocenters. The van der Waals surface area contributed by atoms with E-state index in [1.807, 2.05) is 26.0 Å². The van der Waals surface area contributed by atoms with Crippen LogP contribution in [0.3, 0.4) is 0 Å². The zero-order valence-electron chi connectivity index (χ0n) is 12.2. The number of rotatable bonds is 4. The molecule has 0 saturated heterocycles. The number of benzene rings is 2. The van der Waals surface area contributed by atoms with Gasteiger partial charge in [-0.1, -0.05) is 48.0 Å². The molecule has 0 spiro atoms. The van der Waals surface area contributed by atoms with Crippen LogP contribution in [0.1, 0.15) is 25.0 Å². The van der Waals surface area contributed by atoms with Gasteiger partial charge in [0.05, 0.1) is 4.90 Å². The predicted molar refractivity (Wildman–Crippen MR) is 89.2 cm³/mol. The third kappa shape index (κ3) is 2.22. The Labute approximate surface area is 134 Å². The Hall–Kier alpha value is -0.910. The molecule has 112 valence electrons. The van der Waals surface area contributed by atoms with Crippen molar-refractivity contribution >= 4 is 36.7 Å². The number of hydrogen-bond acceptors (Lipinski definition) is 2. The molecule has 2 aromatic rings. The minimum atomic E-state index is -3.42. The van der Waals surface area contributed by atoms with E-state index in [9.17, 15) is 8.42 Å². The Bertz CT molecular complexity index is 811. The summed E-state index contributed by atoms with van der Waals surface area (Å²) in [4.78, 5) is 0.468. The second-order valence-corrected chi connectivity index (χ2v) is 8.02. The fourth-order valence-corrected chi connectivity index (χ4v) is 5.66. The number of aryl methyl sites for hydroxylation is 2. The lowest BCUT2D eigenvalue weighted by Gasteiger charge is -2.21. The summed E-state index contributed by atoms with van der Waals surface area (Å²) in [5.74, 6) is 0. The van der Waals surface area contributed by atoms with Crippen molar-refractivity contribution in [2.24, 2.45) is 0 Å². The van der Waals surface area contributed by atoms with Gasteiger partial charge in [0.1, 0.15) is 0 Å². The first kappa shape index (κ1) is 15.0. The zero-order valence-corrected chi connectivity index (χ0v) is 14.6. The van der Waals surface area contributed by atoms with E-state index in [2.05, 4.69) is 22.0 Å². The number of halogens is 1. The molecule has 0 unspecified atom stereocenters.